The number of anilines is 1. The molecule has 84 valence electrons. The van der Waals surface area contributed by atoms with Gasteiger partial charge in [0.1, 0.15) is 0 Å². The number of hydrogen-bond donors (Lipinski definition) is 1. The Bertz CT molecular complexity index is 321. The van der Waals surface area contributed by atoms with Crippen LogP contribution in [0.5, 0.6) is 0 Å². The predicted molar refractivity (Wildman–Crippen MR) is 71.5 cm³/mol. The monoisotopic (exact) mass is 269 g/mol. The van der Waals surface area contributed by atoms with Crippen molar-refractivity contribution in [1.29, 1.82) is 0 Å². The summed E-state index contributed by atoms with van der Waals surface area (Å²) in [6.07, 6.45) is 0. The summed E-state index contributed by atoms with van der Waals surface area (Å²) in [4.78, 5) is 0. The fraction of sp³-hybridized carbons (Fsp3) is 0.538. The molecule has 0 saturated carbocycles. The highest BCUT2D eigenvalue weighted by molar-refractivity contribution is 9.10. The normalized spacial score (nSPS) is 13.0. The molecule has 0 fully saturated rings. The van der Waals surface area contributed by atoms with E-state index in [4.69, 9.17) is 0 Å². The summed E-state index contributed by atoms with van der Waals surface area (Å²) in [5, 5.41) is 3.56. The molecule has 1 nitrogen and oxygen atoms in total. The van der Waals surface area contributed by atoms with Crippen LogP contribution in [0.25, 0.3) is 0 Å². The van der Waals surface area contributed by atoms with Gasteiger partial charge < -0.3 is 5.32 Å². The van der Waals surface area contributed by atoms with Crippen LogP contribution < -0.4 is 5.32 Å². The van der Waals surface area contributed by atoms with E-state index in [1.54, 1.807) is 0 Å². The van der Waals surface area contributed by atoms with E-state index in [0.717, 1.165) is 4.47 Å². The summed E-state index contributed by atoms with van der Waals surface area (Å²) in [6.45, 7) is 10.9. The molecule has 0 spiro atoms. The van der Waals surface area contributed by atoms with Gasteiger partial charge in [0.25, 0.3) is 0 Å². The van der Waals surface area contributed by atoms with Crippen LogP contribution in [0.4, 0.5) is 5.69 Å². The van der Waals surface area contributed by atoms with Crippen molar-refractivity contribution in [1.82, 2.24) is 0 Å². The van der Waals surface area contributed by atoms with Gasteiger partial charge in [0, 0.05) is 10.5 Å². The second kappa shape index (κ2) is 5.02. The van der Waals surface area contributed by atoms with E-state index in [1.165, 1.54) is 16.8 Å². The lowest BCUT2D eigenvalue weighted by Gasteiger charge is -2.21. The molecule has 0 heterocycles. The van der Waals surface area contributed by atoms with Crippen LogP contribution in [0.1, 0.15) is 31.9 Å². The number of hydrogen-bond acceptors (Lipinski definition) is 1. The van der Waals surface area contributed by atoms with Crippen LogP contribution in [0, 0.1) is 19.8 Å². The van der Waals surface area contributed by atoms with E-state index in [0.29, 0.717) is 12.0 Å². The van der Waals surface area contributed by atoms with E-state index >= 15 is 0 Å². The third-order valence-electron chi connectivity index (χ3n) is 2.80. The van der Waals surface area contributed by atoms with Gasteiger partial charge in [-0.3, -0.25) is 0 Å². The Kier molecular flexibility index (Phi) is 4.21. The minimum absolute atomic E-state index is 0.489. The molecular weight excluding hydrogens is 250 g/mol. The number of halogens is 1. The molecule has 0 radical (unpaired) electrons. The lowest BCUT2D eigenvalue weighted by Crippen LogP contribution is -2.22. The number of nitrogens with one attached hydrogen (secondary N) is 1. The summed E-state index contributed by atoms with van der Waals surface area (Å²) in [7, 11) is 0. The Morgan fingerprint density at radius 1 is 1.13 bits per heavy atom. The molecule has 1 rings (SSSR count). The smallest absolute Gasteiger partial charge is 0.0516 e. The van der Waals surface area contributed by atoms with Crippen molar-refractivity contribution >= 4 is 21.6 Å². The molecule has 1 atom stereocenters. The van der Waals surface area contributed by atoms with Gasteiger partial charge in [0.05, 0.1) is 5.69 Å². The van der Waals surface area contributed by atoms with E-state index in [2.05, 4.69) is 68.0 Å². The SMILES string of the molecule is Cc1cc(C)c(NC(C)C(C)C)c(Br)c1. The highest BCUT2D eigenvalue weighted by atomic mass is 79.9. The van der Waals surface area contributed by atoms with Gasteiger partial charge in [0.15, 0.2) is 0 Å². The zero-order valence-electron chi connectivity index (χ0n) is 10.2. The first-order chi connectivity index (χ1) is 6.91. The second-order valence-electron chi connectivity index (χ2n) is 4.62. The van der Waals surface area contributed by atoms with Gasteiger partial charge in [-0.1, -0.05) is 19.9 Å². The van der Waals surface area contributed by atoms with Crippen molar-refractivity contribution in [2.45, 2.75) is 40.7 Å². The van der Waals surface area contributed by atoms with Gasteiger partial charge in [-0.15, -0.1) is 0 Å². The maximum atomic E-state index is 3.61. The van der Waals surface area contributed by atoms with Crippen molar-refractivity contribution in [2.75, 3.05) is 5.32 Å². The van der Waals surface area contributed by atoms with Crippen molar-refractivity contribution < 1.29 is 0 Å². The third kappa shape index (κ3) is 3.23. The Balaban J connectivity index is 2.95. The molecule has 0 aliphatic carbocycles. The Hall–Kier alpha value is -0.500. The molecule has 2 heteroatoms. The Morgan fingerprint density at radius 2 is 1.73 bits per heavy atom. The Labute approximate surface area is 101 Å². The van der Waals surface area contributed by atoms with Crippen LogP contribution in [0.3, 0.4) is 0 Å². The first kappa shape index (κ1) is 12.6. The van der Waals surface area contributed by atoms with Crippen LogP contribution >= 0.6 is 15.9 Å². The highest BCUT2D eigenvalue weighted by Gasteiger charge is 2.10. The van der Waals surface area contributed by atoms with Gasteiger partial charge in [0.2, 0.25) is 0 Å². The molecule has 1 unspecified atom stereocenters. The molecule has 0 bridgehead atoms. The lowest BCUT2D eigenvalue weighted by atomic mass is 10.0. The standard InChI is InChI=1S/C13H20BrN/c1-8(2)11(5)15-13-10(4)6-9(3)7-12(13)14/h6-8,11,15H,1-5H3. The molecule has 0 aliphatic rings. The first-order valence-electron chi connectivity index (χ1n) is 5.45. The van der Waals surface area contributed by atoms with E-state index < -0.39 is 0 Å². The van der Waals surface area contributed by atoms with Gasteiger partial charge >= 0.3 is 0 Å². The molecule has 0 amide bonds. The molecule has 0 aliphatic heterocycles. The number of rotatable bonds is 3. The van der Waals surface area contributed by atoms with E-state index in [1.807, 2.05) is 0 Å². The maximum absolute atomic E-state index is 3.61. The minimum Gasteiger partial charge on any atom is -0.381 e. The van der Waals surface area contributed by atoms with Crippen molar-refractivity contribution in [3.63, 3.8) is 0 Å². The summed E-state index contributed by atoms with van der Waals surface area (Å²) in [5.41, 5.74) is 3.82. The topological polar surface area (TPSA) is 12.0 Å². The van der Waals surface area contributed by atoms with Gasteiger partial charge in [-0.25, -0.2) is 0 Å². The second-order valence-corrected chi connectivity index (χ2v) is 5.47. The predicted octanol–water partition coefficient (Wildman–Crippen LogP) is 4.52. The summed E-state index contributed by atoms with van der Waals surface area (Å²) >= 11 is 3.61. The molecule has 0 aromatic heterocycles. The third-order valence-corrected chi connectivity index (χ3v) is 3.43. The summed E-state index contributed by atoms with van der Waals surface area (Å²) < 4.78 is 1.16. The molecular formula is C13H20BrN. The zero-order chi connectivity index (χ0) is 11.6. The fourth-order valence-corrected chi connectivity index (χ4v) is 2.28. The van der Waals surface area contributed by atoms with E-state index in [-0.39, 0.29) is 0 Å². The molecule has 15 heavy (non-hydrogen) atoms. The zero-order valence-corrected chi connectivity index (χ0v) is 11.8. The van der Waals surface area contributed by atoms with Crippen LogP contribution in [-0.4, -0.2) is 6.04 Å². The number of benzene rings is 1. The minimum atomic E-state index is 0.489. The van der Waals surface area contributed by atoms with Crippen LogP contribution in [-0.2, 0) is 0 Å². The summed E-state index contributed by atoms with van der Waals surface area (Å²) in [5.74, 6) is 0.637. The average Bonchev–Trinajstić information content (AvgIpc) is 2.10. The maximum Gasteiger partial charge on any atom is 0.0516 e. The average molecular weight is 270 g/mol. The lowest BCUT2D eigenvalue weighted by molar-refractivity contribution is 0.559. The van der Waals surface area contributed by atoms with Crippen LogP contribution in [0.15, 0.2) is 16.6 Å². The Morgan fingerprint density at radius 3 is 2.20 bits per heavy atom. The van der Waals surface area contributed by atoms with Crippen molar-refractivity contribution in [3.8, 4) is 0 Å². The van der Waals surface area contributed by atoms with Gasteiger partial charge in [-0.05, 0) is 59.8 Å². The quantitative estimate of drug-likeness (QED) is 0.851. The largest absolute Gasteiger partial charge is 0.381 e. The first-order valence-corrected chi connectivity index (χ1v) is 6.24. The summed E-state index contributed by atoms with van der Waals surface area (Å²) in [6, 6.07) is 4.85. The fourth-order valence-electron chi connectivity index (χ4n) is 1.49. The molecule has 1 aromatic rings. The molecule has 1 N–H and O–H groups in total. The van der Waals surface area contributed by atoms with Crippen molar-refractivity contribution in [3.05, 3.63) is 27.7 Å². The van der Waals surface area contributed by atoms with Gasteiger partial charge in [-0.2, -0.15) is 0 Å². The van der Waals surface area contributed by atoms with Crippen molar-refractivity contribution in [2.24, 2.45) is 5.92 Å². The highest BCUT2D eigenvalue weighted by Crippen LogP contribution is 2.29. The molecule has 1 aromatic carbocycles. The number of aryl methyl sites for hydroxylation is 2. The van der Waals surface area contributed by atoms with Crippen LogP contribution in [0.2, 0.25) is 0 Å². The van der Waals surface area contributed by atoms with E-state index in [9.17, 15) is 0 Å². The molecule has 0 saturated heterocycles.